The minimum atomic E-state index is 0.0160. The van der Waals surface area contributed by atoms with Crippen LogP contribution in [0.3, 0.4) is 0 Å². The molecule has 0 saturated carbocycles. The lowest BCUT2D eigenvalue weighted by atomic mass is 9.96. The molecule has 21 heavy (non-hydrogen) atoms. The Morgan fingerprint density at radius 3 is 2.90 bits per heavy atom. The third-order valence-electron chi connectivity index (χ3n) is 3.58. The summed E-state index contributed by atoms with van der Waals surface area (Å²) in [7, 11) is 0. The highest BCUT2D eigenvalue weighted by Crippen LogP contribution is 2.33. The van der Waals surface area contributed by atoms with E-state index in [-0.39, 0.29) is 6.04 Å². The maximum atomic E-state index is 6.20. The van der Waals surface area contributed by atoms with Gasteiger partial charge in [-0.3, -0.25) is 4.98 Å². The van der Waals surface area contributed by atoms with Crippen molar-refractivity contribution < 1.29 is 4.42 Å². The molecule has 2 heterocycles. The van der Waals surface area contributed by atoms with Gasteiger partial charge in [0.25, 0.3) is 0 Å². The third kappa shape index (κ3) is 2.80. The van der Waals surface area contributed by atoms with Crippen LogP contribution in [-0.4, -0.2) is 11.5 Å². The summed E-state index contributed by atoms with van der Waals surface area (Å²) in [4.78, 5) is 4.19. The molecule has 3 aromatic rings. The van der Waals surface area contributed by atoms with Crippen LogP contribution in [0.2, 0.25) is 5.22 Å². The fourth-order valence-electron chi connectivity index (χ4n) is 2.59. The van der Waals surface area contributed by atoms with E-state index in [2.05, 4.69) is 29.4 Å². The predicted molar refractivity (Wildman–Crippen MR) is 85.6 cm³/mol. The monoisotopic (exact) mass is 300 g/mol. The number of hydrogen-bond acceptors (Lipinski definition) is 3. The highest BCUT2D eigenvalue weighted by atomic mass is 35.5. The smallest absolute Gasteiger partial charge is 0.198 e. The van der Waals surface area contributed by atoms with Gasteiger partial charge >= 0.3 is 0 Å². The van der Waals surface area contributed by atoms with Gasteiger partial charge in [-0.1, -0.05) is 25.1 Å². The normalized spacial score (nSPS) is 12.7. The van der Waals surface area contributed by atoms with Crippen molar-refractivity contribution in [2.24, 2.45) is 0 Å². The zero-order valence-electron chi connectivity index (χ0n) is 11.8. The molecule has 4 heteroatoms. The Bertz CT molecular complexity index is 733. The van der Waals surface area contributed by atoms with Gasteiger partial charge in [0.2, 0.25) is 0 Å². The number of halogens is 1. The van der Waals surface area contributed by atoms with Gasteiger partial charge in [0.05, 0.1) is 12.3 Å². The molecule has 1 aromatic carbocycles. The fourth-order valence-corrected chi connectivity index (χ4v) is 2.81. The highest BCUT2D eigenvalue weighted by Gasteiger charge is 2.20. The maximum Gasteiger partial charge on any atom is 0.198 e. The molecule has 0 aliphatic carbocycles. The Kier molecular flexibility index (Phi) is 4.23. The second-order valence-corrected chi connectivity index (χ2v) is 5.32. The summed E-state index contributed by atoms with van der Waals surface area (Å²) in [5, 5.41) is 6.30. The average Bonchev–Trinajstić information content (AvgIpc) is 2.94. The van der Waals surface area contributed by atoms with Crippen LogP contribution in [0.15, 0.2) is 53.4 Å². The van der Waals surface area contributed by atoms with E-state index in [1.807, 2.05) is 30.6 Å². The molecule has 1 unspecified atom stereocenters. The zero-order chi connectivity index (χ0) is 14.7. The first-order chi connectivity index (χ1) is 10.3. The molecule has 0 fully saturated rings. The fraction of sp³-hybridized carbons (Fsp3) is 0.235. The van der Waals surface area contributed by atoms with Crippen LogP contribution in [0.4, 0.5) is 0 Å². The molecule has 1 N–H and O–H groups in total. The number of nitrogens with one attached hydrogen (secondary N) is 1. The summed E-state index contributed by atoms with van der Waals surface area (Å²) in [6.07, 6.45) is 6.38. The maximum absolute atomic E-state index is 6.20. The van der Waals surface area contributed by atoms with Crippen molar-refractivity contribution in [2.45, 2.75) is 19.4 Å². The second-order valence-electron chi connectivity index (χ2n) is 4.98. The highest BCUT2D eigenvalue weighted by molar-refractivity contribution is 6.29. The van der Waals surface area contributed by atoms with Gasteiger partial charge in [-0.05, 0) is 47.6 Å². The first-order valence-corrected chi connectivity index (χ1v) is 7.48. The van der Waals surface area contributed by atoms with Crippen molar-refractivity contribution in [1.29, 1.82) is 0 Å². The molecule has 0 aliphatic rings. The summed E-state index contributed by atoms with van der Waals surface area (Å²) in [6, 6.07) is 10.2. The molecule has 0 bridgehead atoms. The Morgan fingerprint density at radius 2 is 2.14 bits per heavy atom. The lowest BCUT2D eigenvalue weighted by Crippen LogP contribution is -2.23. The number of rotatable bonds is 5. The van der Waals surface area contributed by atoms with Crippen LogP contribution in [0.1, 0.15) is 30.5 Å². The van der Waals surface area contributed by atoms with Gasteiger partial charge in [0.1, 0.15) is 0 Å². The zero-order valence-corrected chi connectivity index (χ0v) is 12.6. The van der Waals surface area contributed by atoms with E-state index in [9.17, 15) is 0 Å². The average molecular weight is 301 g/mol. The second kappa shape index (κ2) is 6.29. The molecule has 1 atom stereocenters. The van der Waals surface area contributed by atoms with Crippen molar-refractivity contribution in [2.75, 3.05) is 6.54 Å². The van der Waals surface area contributed by atoms with Gasteiger partial charge in [0.15, 0.2) is 5.22 Å². The molecule has 2 aromatic heterocycles. The van der Waals surface area contributed by atoms with E-state index in [0.717, 1.165) is 23.9 Å². The topological polar surface area (TPSA) is 38.1 Å². The molecule has 0 amide bonds. The minimum absolute atomic E-state index is 0.0160. The van der Waals surface area contributed by atoms with Crippen LogP contribution < -0.4 is 5.32 Å². The summed E-state index contributed by atoms with van der Waals surface area (Å²) < 4.78 is 5.27. The molecule has 0 saturated heterocycles. The summed E-state index contributed by atoms with van der Waals surface area (Å²) in [5.74, 6) is 0. The predicted octanol–water partition coefficient (Wildman–Crippen LogP) is 4.57. The Morgan fingerprint density at radius 1 is 1.24 bits per heavy atom. The third-order valence-corrected chi connectivity index (χ3v) is 3.89. The molecule has 3 rings (SSSR count). The van der Waals surface area contributed by atoms with Crippen LogP contribution in [0.25, 0.3) is 10.8 Å². The standard InChI is InChI=1S/C17H17ClN2O/c1-2-8-20-16(15-7-10-21-17(15)18)14-5-3-4-12-11-19-9-6-13(12)14/h3-7,9-11,16,20H,2,8H2,1H3. The van der Waals surface area contributed by atoms with Gasteiger partial charge in [-0.2, -0.15) is 0 Å². The summed E-state index contributed by atoms with van der Waals surface area (Å²) in [5.41, 5.74) is 2.15. The number of aromatic nitrogens is 1. The summed E-state index contributed by atoms with van der Waals surface area (Å²) >= 11 is 6.20. The van der Waals surface area contributed by atoms with Gasteiger partial charge in [0, 0.05) is 23.3 Å². The molecular formula is C17H17ClN2O. The number of nitrogens with zero attached hydrogens (tertiary/aromatic N) is 1. The van der Waals surface area contributed by atoms with Crippen molar-refractivity contribution in [3.63, 3.8) is 0 Å². The van der Waals surface area contributed by atoms with Gasteiger partial charge < -0.3 is 9.73 Å². The van der Waals surface area contributed by atoms with Crippen molar-refractivity contribution in [3.8, 4) is 0 Å². The lowest BCUT2D eigenvalue weighted by molar-refractivity contribution is 0.551. The minimum Gasteiger partial charge on any atom is -0.453 e. The number of benzene rings is 1. The molecular weight excluding hydrogens is 284 g/mol. The first kappa shape index (κ1) is 14.1. The van der Waals surface area contributed by atoms with E-state index < -0.39 is 0 Å². The number of fused-ring (bicyclic) bond motifs is 1. The van der Waals surface area contributed by atoms with E-state index in [0.29, 0.717) is 5.22 Å². The molecule has 0 radical (unpaired) electrons. The van der Waals surface area contributed by atoms with Crippen LogP contribution >= 0.6 is 11.6 Å². The van der Waals surface area contributed by atoms with E-state index >= 15 is 0 Å². The Balaban J connectivity index is 2.12. The van der Waals surface area contributed by atoms with Crippen molar-refractivity contribution in [1.82, 2.24) is 10.3 Å². The van der Waals surface area contributed by atoms with Crippen LogP contribution in [0, 0.1) is 0 Å². The molecule has 108 valence electrons. The molecule has 0 aliphatic heterocycles. The van der Waals surface area contributed by atoms with Crippen molar-refractivity contribution >= 4 is 22.4 Å². The lowest BCUT2D eigenvalue weighted by Gasteiger charge is -2.20. The number of hydrogen-bond donors (Lipinski definition) is 1. The van der Waals surface area contributed by atoms with E-state index in [4.69, 9.17) is 16.0 Å². The van der Waals surface area contributed by atoms with Crippen molar-refractivity contribution in [3.05, 3.63) is 65.3 Å². The van der Waals surface area contributed by atoms with Crippen LogP contribution in [-0.2, 0) is 0 Å². The number of furan rings is 1. The number of pyridine rings is 1. The summed E-state index contributed by atoms with van der Waals surface area (Å²) in [6.45, 7) is 3.06. The van der Waals surface area contributed by atoms with Gasteiger partial charge in [-0.25, -0.2) is 0 Å². The SMILES string of the molecule is CCCNC(c1ccoc1Cl)c1cccc2cnccc12. The molecule has 0 spiro atoms. The molecule has 3 nitrogen and oxygen atoms in total. The van der Waals surface area contributed by atoms with E-state index in [1.165, 1.54) is 10.9 Å². The quantitative estimate of drug-likeness (QED) is 0.750. The largest absolute Gasteiger partial charge is 0.453 e. The Hall–Kier alpha value is -1.84. The Labute approximate surface area is 128 Å². The van der Waals surface area contributed by atoms with Gasteiger partial charge in [-0.15, -0.1) is 0 Å². The first-order valence-electron chi connectivity index (χ1n) is 7.10. The van der Waals surface area contributed by atoms with E-state index in [1.54, 1.807) is 6.26 Å². The van der Waals surface area contributed by atoms with Crippen LogP contribution in [0.5, 0.6) is 0 Å².